The van der Waals surface area contributed by atoms with Crippen molar-refractivity contribution < 1.29 is 4.79 Å². The summed E-state index contributed by atoms with van der Waals surface area (Å²) in [5, 5.41) is 0. The molecule has 1 amide bonds. The van der Waals surface area contributed by atoms with Crippen molar-refractivity contribution in [2.45, 2.75) is 19.4 Å². The standard InChI is InChI=1S/C22H20N2O/c1-16-7-2-4-10-19(16)22(25)24-14-12-17-8-3-5-11-20(17)21(24)18-9-6-13-23-15-18/h2-11,13,15,21H,12,14H2,1H3. The van der Waals surface area contributed by atoms with E-state index >= 15 is 0 Å². The molecular formula is C22H20N2O. The van der Waals surface area contributed by atoms with Gasteiger partial charge in [0.2, 0.25) is 0 Å². The van der Waals surface area contributed by atoms with Crippen LogP contribution in [0.1, 0.15) is 38.7 Å². The minimum Gasteiger partial charge on any atom is -0.327 e. The largest absolute Gasteiger partial charge is 0.327 e. The van der Waals surface area contributed by atoms with Crippen molar-refractivity contribution in [3.63, 3.8) is 0 Å². The van der Waals surface area contributed by atoms with Crippen LogP contribution in [0.25, 0.3) is 0 Å². The Balaban J connectivity index is 1.82. The highest BCUT2D eigenvalue weighted by Gasteiger charge is 2.32. The molecule has 1 aliphatic heterocycles. The van der Waals surface area contributed by atoms with Gasteiger partial charge in [-0.15, -0.1) is 0 Å². The maximum Gasteiger partial charge on any atom is 0.254 e. The van der Waals surface area contributed by atoms with E-state index in [9.17, 15) is 4.79 Å². The molecule has 4 rings (SSSR count). The number of fused-ring (bicyclic) bond motifs is 1. The molecular weight excluding hydrogens is 308 g/mol. The highest BCUT2D eigenvalue weighted by molar-refractivity contribution is 5.96. The Bertz CT molecular complexity index is 905. The fourth-order valence-electron chi connectivity index (χ4n) is 3.65. The lowest BCUT2D eigenvalue weighted by molar-refractivity contribution is 0.0693. The molecule has 0 radical (unpaired) electrons. The van der Waals surface area contributed by atoms with Crippen LogP contribution in [0.15, 0.2) is 73.1 Å². The summed E-state index contributed by atoms with van der Waals surface area (Å²) in [5.74, 6) is 0.0847. The summed E-state index contributed by atoms with van der Waals surface area (Å²) < 4.78 is 0. The van der Waals surface area contributed by atoms with E-state index in [1.807, 2.05) is 54.4 Å². The van der Waals surface area contributed by atoms with Crippen molar-refractivity contribution in [1.82, 2.24) is 9.88 Å². The number of carbonyl (C=O) groups excluding carboxylic acids is 1. The number of rotatable bonds is 2. The number of aromatic nitrogens is 1. The molecule has 0 saturated heterocycles. The molecule has 1 aromatic heterocycles. The van der Waals surface area contributed by atoms with E-state index < -0.39 is 0 Å². The summed E-state index contributed by atoms with van der Waals surface area (Å²) in [4.78, 5) is 19.6. The first-order valence-corrected chi connectivity index (χ1v) is 8.60. The number of benzene rings is 2. The zero-order valence-corrected chi connectivity index (χ0v) is 14.2. The van der Waals surface area contributed by atoms with Gasteiger partial charge in [0.1, 0.15) is 0 Å². The summed E-state index contributed by atoms with van der Waals surface area (Å²) in [6, 6.07) is 20.1. The number of hydrogen-bond acceptors (Lipinski definition) is 2. The Morgan fingerprint density at radius 1 is 1.04 bits per heavy atom. The SMILES string of the molecule is Cc1ccccc1C(=O)N1CCc2ccccc2C1c1cccnc1. The zero-order valence-electron chi connectivity index (χ0n) is 14.2. The molecule has 3 aromatic rings. The third-order valence-corrected chi connectivity index (χ3v) is 4.92. The van der Waals surface area contributed by atoms with Gasteiger partial charge in [-0.1, -0.05) is 48.5 Å². The molecule has 25 heavy (non-hydrogen) atoms. The van der Waals surface area contributed by atoms with E-state index in [2.05, 4.69) is 29.2 Å². The maximum atomic E-state index is 13.3. The highest BCUT2D eigenvalue weighted by Crippen LogP contribution is 2.35. The molecule has 0 bridgehead atoms. The van der Waals surface area contributed by atoms with Gasteiger partial charge in [-0.25, -0.2) is 0 Å². The van der Waals surface area contributed by atoms with Crippen molar-refractivity contribution in [2.24, 2.45) is 0 Å². The van der Waals surface area contributed by atoms with Crippen LogP contribution in [-0.2, 0) is 6.42 Å². The number of aryl methyl sites for hydroxylation is 1. The van der Waals surface area contributed by atoms with Gasteiger partial charge in [-0.3, -0.25) is 9.78 Å². The molecule has 3 nitrogen and oxygen atoms in total. The van der Waals surface area contributed by atoms with E-state index in [1.54, 1.807) is 6.20 Å². The van der Waals surface area contributed by atoms with Crippen LogP contribution in [0, 0.1) is 6.92 Å². The molecule has 0 N–H and O–H groups in total. The molecule has 124 valence electrons. The number of amides is 1. The van der Waals surface area contributed by atoms with E-state index in [-0.39, 0.29) is 11.9 Å². The van der Waals surface area contributed by atoms with Crippen molar-refractivity contribution in [3.8, 4) is 0 Å². The number of carbonyl (C=O) groups is 1. The molecule has 0 spiro atoms. The molecule has 1 atom stereocenters. The van der Waals surface area contributed by atoms with Crippen LogP contribution in [-0.4, -0.2) is 22.3 Å². The predicted molar refractivity (Wildman–Crippen MR) is 98.4 cm³/mol. The molecule has 0 aliphatic carbocycles. The van der Waals surface area contributed by atoms with Gasteiger partial charge in [0, 0.05) is 24.5 Å². The second-order valence-electron chi connectivity index (χ2n) is 6.45. The smallest absolute Gasteiger partial charge is 0.254 e. The molecule has 0 fully saturated rings. The van der Waals surface area contributed by atoms with Gasteiger partial charge in [0.15, 0.2) is 0 Å². The van der Waals surface area contributed by atoms with Crippen molar-refractivity contribution >= 4 is 5.91 Å². The molecule has 2 heterocycles. The van der Waals surface area contributed by atoms with Crippen LogP contribution in [0.3, 0.4) is 0 Å². The van der Waals surface area contributed by atoms with Crippen molar-refractivity contribution in [2.75, 3.05) is 6.54 Å². The highest BCUT2D eigenvalue weighted by atomic mass is 16.2. The number of hydrogen-bond donors (Lipinski definition) is 0. The topological polar surface area (TPSA) is 33.2 Å². The molecule has 2 aromatic carbocycles. The Hall–Kier alpha value is -2.94. The quantitative estimate of drug-likeness (QED) is 0.707. The molecule has 0 saturated carbocycles. The minimum atomic E-state index is -0.0919. The summed E-state index contributed by atoms with van der Waals surface area (Å²) in [7, 11) is 0. The van der Waals surface area contributed by atoms with Gasteiger partial charge < -0.3 is 4.90 Å². The lowest BCUT2D eigenvalue weighted by Crippen LogP contribution is -2.40. The molecule has 1 unspecified atom stereocenters. The first-order valence-electron chi connectivity index (χ1n) is 8.60. The Labute approximate surface area is 148 Å². The van der Waals surface area contributed by atoms with Crippen LogP contribution in [0.4, 0.5) is 0 Å². The summed E-state index contributed by atoms with van der Waals surface area (Å²) in [6.07, 6.45) is 4.52. The third kappa shape index (κ3) is 2.82. The second-order valence-corrected chi connectivity index (χ2v) is 6.45. The van der Waals surface area contributed by atoms with Crippen LogP contribution in [0.2, 0.25) is 0 Å². The van der Waals surface area contributed by atoms with Gasteiger partial charge in [-0.2, -0.15) is 0 Å². The van der Waals surface area contributed by atoms with E-state index in [0.29, 0.717) is 6.54 Å². The zero-order chi connectivity index (χ0) is 17.2. The molecule has 3 heteroatoms. The number of nitrogens with zero attached hydrogens (tertiary/aromatic N) is 2. The predicted octanol–water partition coefficient (Wildman–Crippen LogP) is 4.18. The summed E-state index contributed by atoms with van der Waals surface area (Å²) in [5.41, 5.74) is 5.34. The van der Waals surface area contributed by atoms with E-state index in [0.717, 1.165) is 23.1 Å². The van der Waals surface area contributed by atoms with Crippen molar-refractivity contribution in [1.29, 1.82) is 0 Å². The average Bonchev–Trinajstić information content (AvgIpc) is 2.67. The monoisotopic (exact) mass is 328 g/mol. The first-order chi connectivity index (χ1) is 12.3. The molecule has 1 aliphatic rings. The summed E-state index contributed by atoms with van der Waals surface area (Å²) in [6.45, 7) is 2.70. The van der Waals surface area contributed by atoms with Gasteiger partial charge in [0.25, 0.3) is 5.91 Å². The van der Waals surface area contributed by atoms with Crippen LogP contribution >= 0.6 is 0 Å². The minimum absolute atomic E-state index is 0.0847. The van der Waals surface area contributed by atoms with Crippen LogP contribution in [0.5, 0.6) is 0 Å². The lowest BCUT2D eigenvalue weighted by Gasteiger charge is -2.38. The normalized spacial score (nSPS) is 16.4. The van der Waals surface area contributed by atoms with Crippen molar-refractivity contribution in [3.05, 3.63) is 101 Å². The Kier molecular flexibility index (Phi) is 4.06. The second kappa shape index (κ2) is 6.52. The Morgan fingerprint density at radius 2 is 1.84 bits per heavy atom. The van der Waals surface area contributed by atoms with Gasteiger partial charge in [0.05, 0.1) is 6.04 Å². The van der Waals surface area contributed by atoms with E-state index in [1.165, 1.54) is 11.1 Å². The fourth-order valence-corrected chi connectivity index (χ4v) is 3.65. The fraction of sp³-hybridized carbons (Fsp3) is 0.182. The summed E-state index contributed by atoms with van der Waals surface area (Å²) >= 11 is 0. The van der Waals surface area contributed by atoms with Gasteiger partial charge >= 0.3 is 0 Å². The Morgan fingerprint density at radius 3 is 2.64 bits per heavy atom. The third-order valence-electron chi connectivity index (χ3n) is 4.92. The maximum absolute atomic E-state index is 13.3. The lowest BCUT2D eigenvalue weighted by atomic mass is 9.88. The number of pyridine rings is 1. The van der Waals surface area contributed by atoms with Crippen LogP contribution < -0.4 is 0 Å². The average molecular weight is 328 g/mol. The first kappa shape index (κ1) is 15.6. The van der Waals surface area contributed by atoms with E-state index in [4.69, 9.17) is 0 Å². The van der Waals surface area contributed by atoms with Gasteiger partial charge in [-0.05, 0) is 47.7 Å².